The van der Waals surface area contributed by atoms with Gasteiger partial charge >= 0.3 is 0 Å². The predicted molar refractivity (Wildman–Crippen MR) is 113 cm³/mol. The zero-order valence-corrected chi connectivity index (χ0v) is 17.2. The zero-order chi connectivity index (χ0) is 20.5. The van der Waals surface area contributed by atoms with E-state index in [-0.39, 0.29) is 17.6 Å². The Morgan fingerprint density at radius 2 is 1.72 bits per heavy atom. The molecule has 0 aliphatic carbocycles. The Morgan fingerprint density at radius 1 is 1.07 bits per heavy atom. The number of carbonyl (C=O) groups excluding carboxylic acids is 1. The average molecular weight is 399 g/mol. The summed E-state index contributed by atoms with van der Waals surface area (Å²) in [6, 6.07) is 14.8. The van der Waals surface area contributed by atoms with Crippen LogP contribution in [0.5, 0.6) is 5.75 Å². The molecule has 1 fully saturated rings. The minimum atomic E-state index is -0.202. The van der Waals surface area contributed by atoms with Gasteiger partial charge < -0.3 is 10.1 Å². The lowest BCUT2D eigenvalue weighted by Gasteiger charge is -2.31. The fourth-order valence-corrected chi connectivity index (χ4v) is 3.77. The topological polar surface area (TPSA) is 41.6 Å². The first-order chi connectivity index (χ1) is 14.1. The van der Waals surface area contributed by atoms with Gasteiger partial charge in [-0.2, -0.15) is 0 Å². The summed E-state index contributed by atoms with van der Waals surface area (Å²) in [5.74, 6) is 0.977. The van der Waals surface area contributed by atoms with Crippen molar-refractivity contribution in [1.29, 1.82) is 0 Å². The van der Waals surface area contributed by atoms with Gasteiger partial charge in [0.15, 0.2) is 0 Å². The minimum Gasteiger partial charge on any atom is -0.494 e. The van der Waals surface area contributed by atoms with Crippen molar-refractivity contribution in [3.63, 3.8) is 0 Å². The summed E-state index contributed by atoms with van der Waals surface area (Å²) >= 11 is 0. The molecule has 0 aromatic heterocycles. The molecule has 0 bridgehead atoms. The minimum absolute atomic E-state index is 0.102. The fraction of sp³-hybridized carbons (Fsp3) is 0.458. The molecule has 156 valence electrons. The Labute approximate surface area is 173 Å². The summed E-state index contributed by atoms with van der Waals surface area (Å²) in [7, 11) is 0. The van der Waals surface area contributed by atoms with E-state index in [9.17, 15) is 9.18 Å². The largest absolute Gasteiger partial charge is 0.494 e. The van der Waals surface area contributed by atoms with Crippen molar-refractivity contribution in [1.82, 2.24) is 10.2 Å². The zero-order valence-electron chi connectivity index (χ0n) is 17.2. The number of piperidine rings is 1. The van der Waals surface area contributed by atoms with Crippen LogP contribution < -0.4 is 10.1 Å². The Kier molecular flexibility index (Phi) is 8.05. The lowest BCUT2D eigenvalue weighted by molar-refractivity contribution is -0.126. The van der Waals surface area contributed by atoms with Gasteiger partial charge in [-0.05, 0) is 81.1 Å². The summed E-state index contributed by atoms with van der Waals surface area (Å²) in [4.78, 5) is 14.8. The first-order valence-corrected chi connectivity index (χ1v) is 10.6. The maximum atomic E-state index is 13.0. The maximum absolute atomic E-state index is 13.0. The van der Waals surface area contributed by atoms with Crippen LogP contribution >= 0.6 is 0 Å². The Bertz CT molecular complexity index is 753. The summed E-state index contributed by atoms with van der Waals surface area (Å²) in [5.41, 5.74) is 2.38. The Morgan fingerprint density at radius 3 is 2.38 bits per heavy atom. The van der Waals surface area contributed by atoms with Crippen molar-refractivity contribution in [2.45, 2.75) is 39.2 Å². The second kappa shape index (κ2) is 11.0. The number of halogens is 1. The molecule has 1 aliphatic rings. The van der Waals surface area contributed by atoms with Crippen LogP contribution in [0.2, 0.25) is 0 Å². The van der Waals surface area contributed by atoms with E-state index in [0.717, 1.165) is 56.6 Å². The summed E-state index contributed by atoms with van der Waals surface area (Å²) in [6.45, 7) is 5.99. The first-order valence-electron chi connectivity index (χ1n) is 10.6. The van der Waals surface area contributed by atoms with Gasteiger partial charge in [0.2, 0.25) is 5.91 Å². The van der Waals surface area contributed by atoms with E-state index in [2.05, 4.69) is 22.3 Å². The van der Waals surface area contributed by atoms with Crippen molar-refractivity contribution in [3.8, 4) is 5.75 Å². The molecule has 1 heterocycles. The van der Waals surface area contributed by atoms with E-state index < -0.39 is 0 Å². The number of nitrogens with zero attached hydrogens (tertiary/aromatic N) is 1. The van der Waals surface area contributed by atoms with Gasteiger partial charge in [-0.3, -0.25) is 9.69 Å². The molecule has 29 heavy (non-hydrogen) atoms. The summed E-state index contributed by atoms with van der Waals surface area (Å²) in [5, 5.41) is 3.10. The van der Waals surface area contributed by atoms with E-state index in [4.69, 9.17) is 4.74 Å². The summed E-state index contributed by atoms with van der Waals surface area (Å²) < 4.78 is 18.5. The van der Waals surface area contributed by atoms with E-state index in [0.29, 0.717) is 13.2 Å². The van der Waals surface area contributed by atoms with E-state index in [1.54, 1.807) is 0 Å². The highest BCUT2D eigenvalue weighted by molar-refractivity contribution is 5.78. The number of hydrogen-bond donors (Lipinski definition) is 1. The fourth-order valence-electron chi connectivity index (χ4n) is 3.77. The van der Waals surface area contributed by atoms with Crippen LogP contribution in [0.4, 0.5) is 4.39 Å². The number of amides is 1. The third kappa shape index (κ3) is 6.86. The van der Waals surface area contributed by atoms with Gasteiger partial charge in [-0.15, -0.1) is 0 Å². The standard InChI is InChI=1S/C24H31FN2O2/c1-2-29-23-11-7-19(8-12-23)4-3-15-26-24(28)21-13-16-27(17-14-21)18-20-5-9-22(25)10-6-20/h5-12,21H,2-4,13-18H2,1H3,(H,26,28). The van der Waals surface area contributed by atoms with Gasteiger partial charge in [0.05, 0.1) is 6.61 Å². The van der Waals surface area contributed by atoms with Crippen molar-refractivity contribution in [2.24, 2.45) is 5.92 Å². The number of rotatable bonds is 9. The number of hydrogen-bond acceptors (Lipinski definition) is 3. The van der Waals surface area contributed by atoms with Gasteiger partial charge in [0.25, 0.3) is 0 Å². The highest BCUT2D eigenvalue weighted by Gasteiger charge is 2.24. The molecule has 2 aromatic carbocycles. The molecule has 4 nitrogen and oxygen atoms in total. The molecule has 2 aromatic rings. The van der Waals surface area contributed by atoms with Crippen molar-refractivity contribution >= 4 is 5.91 Å². The molecule has 0 unspecified atom stereocenters. The van der Waals surface area contributed by atoms with Crippen LogP contribution in [0, 0.1) is 11.7 Å². The van der Waals surface area contributed by atoms with Crippen molar-refractivity contribution < 1.29 is 13.9 Å². The van der Waals surface area contributed by atoms with Gasteiger partial charge in [0, 0.05) is 19.0 Å². The maximum Gasteiger partial charge on any atom is 0.223 e. The quantitative estimate of drug-likeness (QED) is 0.644. The smallest absolute Gasteiger partial charge is 0.223 e. The SMILES string of the molecule is CCOc1ccc(CCCNC(=O)C2CCN(Cc3ccc(F)cc3)CC2)cc1. The molecule has 1 amide bonds. The molecule has 0 radical (unpaired) electrons. The van der Waals surface area contributed by atoms with Crippen LogP contribution in [0.25, 0.3) is 0 Å². The molecular weight excluding hydrogens is 367 g/mol. The van der Waals surface area contributed by atoms with Gasteiger partial charge in [-0.1, -0.05) is 24.3 Å². The number of ether oxygens (including phenoxy) is 1. The van der Waals surface area contributed by atoms with Gasteiger partial charge in [-0.25, -0.2) is 4.39 Å². The third-order valence-corrected chi connectivity index (χ3v) is 5.45. The molecule has 1 N–H and O–H groups in total. The monoisotopic (exact) mass is 398 g/mol. The first kappa shape index (κ1) is 21.3. The van der Waals surface area contributed by atoms with Crippen molar-refractivity contribution in [3.05, 3.63) is 65.5 Å². The number of likely N-dealkylation sites (tertiary alicyclic amines) is 1. The predicted octanol–water partition coefficient (Wildman–Crippen LogP) is 4.19. The van der Waals surface area contributed by atoms with E-state index in [1.165, 1.54) is 17.7 Å². The molecule has 3 rings (SSSR count). The molecule has 1 aliphatic heterocycles. The van der Waals surface area contributed by atoms with Crippen LogP contribution in [0.15, 0.2) is 48.5 Å². The Balaban J connectivity index is 1.31. The molecule has 1 saturated heterocycles. The second-order valence-corrected chi connectivity index (χ2v) is 7.65. The van der Waals surface area contributed by atoms with Gasteiger partial charge in [0.1, 0.15) is 11.6 Å². The Hall–Kier alpha value is -2.40. The van der Waals surface area contributed by atoms with Crippen LogP contribution in [0.3, 0.4) is 0 Å². The van der Waals surface area contributed by atoms with Crippen LogP contribution in [-0.4, -0.2) is 37.0 Å². The normalized spacial score (nSPS) is 15.2. The number of aryl methyl sites for hydroxylation is 1. The number of nitrogens with one attached hydrogen (secondary N) is 1. The lowest BCUT2D eigenvalue weighted by atomic mass is 9.95. The second-order valence-electron chi connectivity index (χ2n) is 7.65. The number of benzene rings is 2. The molecule has 0 spiro atoms. The molecule has 0 saturated carbocycles. The summed E-state index contributed by atoms with van der Waals surface area (Å²) in [6.07, 6.45) is 3.64. The third-order valence-electron chi connectivity index (χ3n) is 5.45. The van der Waals surface area contributed by atoms with E-state index in [1.807, 2.05) is 31.2 Å². The molecule has 0 atom stereocenters. The average Bonchev–Trinajstić information content (AvgIpc) is 2.74. The number of carbonyl (C=O) groups is 1. The lowest BCUT2D eigenvalue weighted by Crippen LogP contribution is -2.40. The molecule has 5 heteroatoms. The highest BCUT2D eigenvalue weighted by atomic mass is 19.1. The highest BCUT2D eigenvalue weighted by Crippen LogP contribution is 2.19. The van der Waals surface area contributed by atoms with Crippen LogP contribution in [0.1, 0.15) is 37.3 Å². The van der Waals surface area contributed by atoms with Crippen molar-refractivity contribution in [2.75, 3.05) is 26.2 Å². The van der Waals surface area contributed by atoms with Crippen LogP contribution in [-0.2, 0) is 17.8 Å². The molecular formula is C24H31FN2O2. The van der Waals surface area contributed by atoms with E-state index >= 15 is 0 Å².